The Morgan fingerprint density at radius 2 is 1.38 bits per heavy atom. The van der Waals surface area contributed by atoms with Gasteiger partial charge in [0, 0.05) is 7.05 Å². The number of imidazole rings is 2. The van der Waals surface area contributed by atoms with Crippen LogP contribution in [0.4, 0.5) is 11.9 Å². The van der Waals surface area contributed by atoms with E-state index in [1.54, 1.807) is 14.0 Å². The summed E-state index contributed by atoms with van der Waals surface area (Å²) in [6.07, 6.45) is 5.25. The molecule has 18 nitrogen and oxygen atoms in total. The van der Waals surface area contributed by atoms with Crippen LogP contribution in [-0.2, 0) is 16.5 Å². The molecule has 276 valence electrons. The SMILES string of the molecule is C=P(C)(C)CC[C@H]1OC(n2c(N)nc3c(=O)[nH]c(N)nc32)[C@H](O)[C@@H]1O.C=P(C)(C)CC[C@H]1OC(n2cnc3c(=O)n(C)c(C)nc32)[C@H](O)[C@@H]1O. The summed E-state index contributed by atoms with van der Waals surface area (Å²) in [5.74, 6) is 0.375. The molecule has 2 saturated heterocycles. The van der Waals surface area contributed by atoms with Crippen molar-refractivity contribution in [3.63, 3.8) is 0 Å². The van der Waals surface area contributed by atoms with Crippen LogP contribution in [0.15, 0.2) is 15.9 Å². The van der Waals surface area contributed by atoms with Crippen LogP contribution in [0.2, 0.25) is 0 Å². The summed E-state index contributed by atoms with van der Waals surface area (Å²) in [5, 5.41) is 41.5. The van der Waals surface area contributed by atoms with Crippen LogP contribution in [-0.4, -0.2) is 147 Å². The molecule has 2 aliphatic heterocycles. The highest BCUT2D eigenvalue weighted by Gasteiger charge is 2.46. The maximum absolute atomic E-state index is 12.3. The number of nitrogens with zero attached hydrogens (tertiary/aromatic N) is 7. The van der Waals surface area contributed by atoms with E-state index in [9.17, 15) is 30.0 Å². The van der Waals surface area contributed by atoms with Crippen LogP contribution >= 0.6 is 13.8 Å². The van der Waals surface area contributed by atoms with Crippen LogP contribution in [0.3, 0.4) is 0 Å². The van der Waals surface area contributed by atoms with Crippen LogP contribution in [0.1, 0.15) is 31.1 Å². The van der Waals surface area contributed by atoms with Crippen molar-refractivity contribution in [2.24, 2.45) is 7.05 Å². The lowest BCUT2D eigenvalue weighted by Crippen LogP contribution is -2.32. The van der Waals surface area contributed by atoms with E-state index in [1.165, 1.54) is 20.0 Å². The van der Waals surface area contributed by atoms with Gasteiger partial charge in [0.1, 0.15) is 30.2 Å². The molecule has 2 unspecified atom stereocenters. The van der Waals surface area contributed by atoms with Gasteiger partial charge in [-0.2, -0.15) is 4.98 Å². The quantitative estimate of drug-likeness (QED) is 0.109. The number of ether oxygens (including phenoxy) is 2. The van der Waals surface area contributed by atoms with Gasteiger partial charge in [0.05, 0.1) is 18.5 Å². The second-order valence-corrected chi connectivity index (χ2v) is 22.9. The van der Waals surface area contributed by atoms with E-state index >= 15 is 0 Å². The number of rotatable bonds is 8. The van der Waals surface area contributed by atoms with Crippen molar-refractivity contribution in [2.75, 3.05) is 50.5 Å². The number of aromatic amines is 1. The van der Waals surface area contributed by atoms with Gasteiger partial charge >= 0.3 is 0 Å². The Balaban J connectivity index is 0.000000194. The van der Waals surface area contributed by atoms with E-state index in [2.05, 4.69) is 64.2 Å². The smallest absolute Gasteiger partial charge is 0.281 e. The molecular formula is C30H48N10O8P2. The summed E-state index contributed by atoms with van der Waals surface area (Å²) in [6, 6.07) is 0. The highest BCUT2D eigenvalue weighted by Crippen LogP contribution is 2.41. The molecule has 6 rings (SSSR count). The third kappa shape index (κ3) is 7.63. The summed E-state index contributed by atoms with van der Waals surface area (Å²) >= 11 is 0. The molecule has 0 aromatic carbocycles. The van der Waals surface area contributed by atoms with Gasteiger partial charge < -0.3 is 41.4 Å². The number of hydrogen-bond acceptors (Lipinski definition) is 14. The number of aliphatic hydroxyl groups excluding tert-OH is 4. The first kappa shape index (κ1) is 37.9. The van der Waals surface area contributed by atoms with Gasteiger partial charge in [-0.1, -0.05) is 0 Å². The lowest BCUT2D eigenvalue weighted by Gasteiger charge is -2.19. The van der Waals surface area contributed by atoms with Gasteiger partial charge in [0.15, 0.2) is 34.8 Å². The predicted molar refractivity (Wildman–Crippen MR) is 197 cm³/mol. The first-order chi connectivity index (χ1) is 23.2. The van der Waals surface area contributed by atoms with Gasteiger partial charge in [0.2, 0.25) is 11.9 Å². The van der Waals surface area contributed by atoms with Gasteiger partial charge in [-0.15, -0.1) is 26.4 Å². The fourth-order valence-corrected chi connectivity index (χ4v) is 7.84. The summed E-state index contributed by atoms with van der Waals surface area (Å²) in [5.41, 5.74) is 11.3. The molecule has 20 heteroatoms. The molecule has 8 atom stereocenters. The van der Waals surface area contributed by atoms with Crippen molar-refractivity contribution in [3.8, 4) is 0 Å². The number of H-pyrrole nitrogens is 1. The lowest BCUT2D eigenvalue weighted by atomic mass is 10.1. The largest absolute Gasteiger partial charge is 0.388 e. The summed E-state index contributed by atoms with van der Waals surface area (Å²) in [6.45, 7) is 7.59. The summed E-state index contributed by atoms with van der Waals surface area (Å²) in [7, 11) is 1.63. The Kier molecular flexibility index (Phi) is 10.6. The maximum atomic E-state index is 12.3. The van der Waals surface area contributed by atoms with E-state index in [-0.39, 0.29) is 34.1 Å². The van der Waals surface area contributed by atoms with Crippen molar-refractivity contribution < 1.29 is 29.9 Å². The Bertz CT molecular complexity index is 2100. The Morgan fingerprint density at radius 1 is 0.840 bits per heavy atom. The maximum Gasteiger partial charge on any atom is 0.281 e. The minimum atomic E-state index is -1.30. The molecule has 0 bridgehead atoms. The van der Waals surface area contributed by atoms with Gasteiger partial charge in [-0.3, -0.25) is 28.3 Å². The Labute approximate surface area is 288 Å². The number of aliphatic hydroxyl groups is 4. The number of hydrogen-bond donors (Lipinski definition) is 7. The minimum Gasteiger partial charge on any atom is -0.388 e. The Hall–Kier alpha value is -3.34. The fraction of sp³-hybridized carbons (Fsp3) is 0.600. The second-order valence-electron chi connectivity index (χ2n) is 14.3. The van der Waals surface area contributed by atoms with Crippen molar-refractivity contribution in [2.45, 2.75) is 68.8 Å². The van der Waals surface area contributed by atoms with Crippen LogP contribution in [0.5, 0.6) is 0 Å². The first-order valence-corrected chi connectivity index (χ1v) is 22.1. The van der Waals surface area contributed by atoms with Crippen molar-refractivity contribution in [3.05, 3.63) is 32.9 Å². The second kappa shape index (κ2) is 14.0. The molecule has 0 spiro atoms. The molecule has 50 heavy (non-hydrogen) atoms. The lowest BCUT2D eigenvalue weighted by molar-refractivity contribution is -0.0353. The molecule has 0 amide bonds. The molecule has 4 aromatic heterocycles. The fourth-order valence-electron chi connectivity index (χ4n) is 5.94. The van der Waals surface area contributed by atoms with Gasteiger partial charge in [-0.05, 0) is 58.7 Å². The standard InChI is InChI=1S/C16H25N4O4P.C14H23N6O4P/c1-9-18-14-11(15(23)19(9)2)17-8-20(14)16-13(22)12(21)10(24-16)6-7-25(3,4)5;1-25(2,3)5-4-6-8(21)9(22)12(24-6)20-10-7(17-14(20)16)11(23)19-13(15)18-10/h8,10,12-13,16,21-22H,3,6-7H2,1-2,4-5H3;6,8-9,12,21-22H,1,4-5H2,2-3H3,(H2,16,17)(H3,15,18,19,23)/t10-,12-,13-,16?;6-,8-,9-,12?/m11/s1. The number of nitrogens with two attached hydrogens (primary N) is 2. The van der Waals surface area contributed by atoms with Crippen LogP contribution < -0.4 is 22.6 Å². The molecule has 6 heterocycles. The topological polar surface area (TPSA) is 268 Å². The zero-order valence-corrected chi connectivity index (χ0v) is 30.8. The third-order valence-corrected chi connectivity index (χ3v) is 11.8. The number of anilines is 2. The summed E-state index contributed by atoms with van der Waals surface area (Å²) < 4.78 is 16.0. The number of nitrogen functional groups attached to an aromatic ring is 2. The van der Waals surface area contributed by atoms with E-state index in [0.29, 0.717) is 24.3 Å². The highest BCUT2D eigenvalue weighted by molar-refractivity contribution is 7.72. The van der Waals surface area contributed by atoms with Crippen LogP contribution in [0, 0.1) is 6.92 Å². The molecule has 2 aliphatic rings. The number of nitrogens with one attached hydrogen (secondary N) is 1. The molecule has 2 fully saturated rings. The molecule has 4 aromatic rings. The van der Waals surface area contributed by atoms with E-state index in [4.69, 9.17) is 20.9 Å². The molecule has 9 N–H and O–H groups in total. The summed E-state index contributed by atoms with van der Waals surface area (Å²) in [4.78, 5) is 43.1. The van der Waals surface area contributed by atoms with E-state index in [0.717, 1.165) is 12.3 Å². The average molecular weight is 739 g/mol. The molecule has 0 saturated carbocycles. The number of aromatic nitrogens is 8. The molecular weight excluding hydrogens is 690 g/mol. The normalized spacial score (nSPS) is 27.2. The van der Waals surface area contributed by atoms with Gasteiger partial charge in [-0.25, -0.2) is 15.0 Å². The molecule has 0 radical (unpaired) electrons. The predicted octanol–water partition coefficient (Wildman–Crippen LogP) is -0.841. The van der Waals surface area contributed by atoms with Crippen LogP contribution in [0.25, 0.3) is 22.3 Å². The van der Waals surface area contributed by atoms with Gasteiger partial charge in [0.25, 0.3) is 11.1 Å². The highest BCUT2D eigenvalue weighted by atomic mass is 31.2. The Morgan fingerprint density at radius 3 is 1.94 bits per heavy atom. The van der Waals surface area contributed by atoms with E-state index in [1.807, 2.05) is 0 Å². The zero-order valence-electron chi connectivity index (χ0n) is 29.0. The third-order valence-electron chi connectivity index (χ3n) is 8.87. The van der Waals surface area contributed by atoms with Crippen molar-refractivity contribution >= 4 is 60.6 Å². The first-order valence-electron chi connectivity index (χ1n) is 16.0. The van der Waals surface area contributed by atoms with E-state index < -0.39 is 68.4 Å². The minimum absolute atomic E-state index is 0.00902. The number of aryl methyl sites for hydroxylation is 1. The zero-order chi connectivity index (χ0) is 37.0. The van der Waals surface area contributed by atoms with Crippen molar-refractivity contribution in [1.29, 1.82) is 0 Å². The monoisotopic (exact) mass is 738 g/mol. The average Bonchev–Trinajstić information content (AvgIpc) is 3.73. The molecule has 0 aliphatic carbocycles. The van der Waals surface area contributed by atoms with Crippen molar-refractivity contribution in [1.82, 2.24) is 38.6 Å². The number of fused-ring (bicyclic) bond motifs is 2.